The number of aliphatic hydroxyl groups is 1. The first-order valence-corrected chi connectivity index (χ1v) is 13.3. The summed E-state index contributed by atoms with van der Waals surface area (Å²) in [7, 11) is -0.147. The van der Waals surface area contributed by atoms with E-state index in [1.807, 2.05) is 24.3 Å². The van der Waals surface area contributed by atoms with E-state index in [2.05, 4.69) is 46.0 Å². The van der Waals surface area contributed by atoms with Crippen LogP contribution in [0.3, 0.4) is 0 Å². The lowest BCUT2D eigenvalue weighted by Gasteiger charge is -2.38. The normalized spacial score (nSPS) is 13.8. The van der Waals surface area contributed by atoms with Crippen LogP contribution < -0.4 is 4.74 Å². The van der Waals surface area contributed by atoms with Crippen LogP contribution in [0, 0.1) is 0 Å². The standard InChI is InChI=1S/C23H40O4Si/c1-23(2,3)28(5,6)27-22(11-8-7-9-17-24)12-10-18-26-19-20-13-15-21(25-4)16-14-20/h8,11,13-16,22,24H,7,9-10,12,17-19H2,1-6H3/b11-8+/t22-/m0/s1. The van der Waals surface area contributed by atoms with Crippen molar-refractivity contribution in [3.05, 3.63) is 42.0 Å². The molecule has 0 fully saturated rings. The molecule has 28 heavy (non-hydrogen) atoms. The van der Waals surface area contributed by atoms with Crippen LogP contribution in [-0.4, -0.2) is 39.9 Å². The minimum Gasteiger partial charge on any atom is -0.497 e. The molecule has 0 bridgehead atoms. The van der Waals surface area contributed by atoms with Crippen molar-refractivity contribution in [1.29, 1.82) is 0 Å². The molecule has 160 valence electrons. The number of ether oxygens (including phenoxy) is 2. The van der Waals surface area contributed by atoms with Gasteiger partial charge in [0.2, 0.25) is 0 Å². The zero-order valence-electron chi connectivity index (χ0n) is 18.7. The number of aliphatic hydroxyl groups excluding tert-OH is 1. The van der Waals surface area contributed by atoms with Crippen molar-refractivity contribution >= 4 is 8.32 Å². The van der Waals surface area contributed by atoms with E-state index in [9.17, 15) is 0 Å². The second kappa shape index (κ2) is 12.4. The molecular weight excluding hydrogens is 368 g/mol. The molecule has 0 radical (unpaired) electrons. The van der Waals surface area contributed by atoms with Crippen molar-refractivity contribution in [3.8, 4) is 5.75 Å². The molecular formula is C23H40O4Si. The van der Waals surface area contributed by atoms with Crippen LogP contribution in [0.2, 0.25) is 18.1 Å². The number of hydrogen-bond donors (Lipinski definition) is 1. The maximum Gasteiger partial charge on any atom is 0.192 e. The molecule has 0 aromatic heterocycles. The molecule has 1 atom stereocenters. The Morgan fingerprint density at radius 2 is 1.79 bits per heavy atom. The van der Waals surface area contributed by atoms with Gasteiger partial charge in [0.15, 0.2) is 8.32 Å². The lowest BCUT2D eigenvalue weighted by atomic mass is 10.1. The van der Waals surface area contributed by atoms with Gasteiger partial charge >= 0.3 is 0 Å². The summed E-state index contributed by atoms with van der Waals surface area (Å²) in [6.07, 6.45) is 8.04. The molecule has 0 spiro atoms. The van der Waals surface area contributed by atoms with Gasteiger partial charge in [0.05, 0.1) is 19.8 Å². The van der Waals surface area contributed by atoms with E-state index in [4.69, 9.17) is 19.0 Å². The van der Waals surface area contributed by atoms with Crippen LogP contribution in [0.15, 0.2) is 36.4 Å². The lowest BCUT2D eigenvalue weighted by Crippen LogP contribution is -2.43. The quantitative estimate of drug-likeness (QED) is 0.258. The minimum absolute atomic E-state index is 0.115. The molecule has 1 aromatic carbocycles. The summed E-state index contributed by atoms with van der Waals surface area (Å²) in [4.78, 5) is 0. The summed E-state index contributed by atoms with van der Waals surface area (Å²) < 4.78 is 17.6. The van der Waals surface area contributed by atoms with Gasteiger partial charge in [-0.05, 0) is 61.5 Å². The van der Waals surface area contributed by atoms with Gasteiger partial charge in [-0.1, -0.05) is 45.1 Å². The summed E-state index contributed by atoms with van der Waals surface area (Å²) in [5.41, 5.74) is 1.15. The van der Waals surface area contributed by atoms with Crippen LogP contribution in [0.25, 0.3) is 0 Å². The fourth-order valence-corrected chi connectivity index (χ4v) is 3.81. The second-order valence-electron chi connectivity index (χ2n) is 8.75. The van der Waals surface area contributed by atoms with Crippen molar-refractivity contribution in [3.63, 3.8) is 0 Å². The first-order valence-electron chi connectivity index (χ1n) is 10.4. The summed E-state index contributed by atoms with van der Waals surface area (Å²) in [5, 5.41) is 9.16. The van der Waals surface area contributed by atoms with E-state index < -0.39 is 8.32 Å². The maximum atomic E-state index is 8.97. The molecule has 0 amide bonds. The summed E-state index contributed by atoms with van der Waals surface area (Å²) in [6, 6.07) is 7.98. The Hall–Kier alpha value is -1.14. The zero-order chi connectivity index (χ0) is 21.0. The largest absolute Gasteiger partial charge is 0.497 e. The molecule has 0 aliphatic rings. The SMILES string of the molecule is COc1ccc(COCCC[C@H](/C=C/CCCO)O[Si](C)(C)C(C)(C)C)cc1. The molecule has 1 aromatic rings. The van der Waals surface area contributed by atoms with Crippen molar-refractivity contribution < 1.29 is 19.0 Å². The highest BCUT2D eigenvalue weighted by Gasteiger charge is 2.38. The highest BCUT2D eigenvalue weighted by Crippen LogP contribution is 2.37. The first kappa shape index (κ1) is 24.9. The Morgan fingerprint density at radius 3 is 2.36 bits per heavy atom. The van der Waals surface area contributed by atoms with Gasteiger partial charge in [-0.25, -0.2) is 0 Å². The summed E-state index contributed by atoms with van der Waals surface area (Å²) in [5.74, 6) is 0.863. The van der Waals surface area contributed by atoms with Crippen molar-refractivity contribution in [2.75, 3.05) is 20.3 Å². The van der Waals surface area contributed by atoms with E-state index in [0.29, 0.717) is 13.2 Å². The molecule has 0 aliphatic heterocycles. The molecule has 4 nitrogen and oxygen atoms in total. The van der Waals surface area contributed by atoms with Gasteiger partial charge < -0.3 is 19.0 Å². The van der Waals surface area contributed by atoms with Gasteiger partial charge in [0.25, 0.3) is 0 Å². The fraction of sp³-hybridized carbons (Fsp3) is 0.652. The van der Waals surface area contributed by atoms with Crippen LogP contribution in [0.4, 0.5) is 0 Å². The number of benzene rings is 1. The van der Waals surface area contributed by atoms with Crippen LogP contribution in [0.1, 0.15) is 52.0 Å². The molecule has 5 heteroatoms. The number of unbranched alkanes of at least 4 members (excludes halogenated alkanes) is 1. The van der Waals surface area contributed by atoms with E-state index in [1.165, 1.54) is 0 Å². The third-order valence-corrected chi connectivity index (χ3v) is 9.84. The average molecular weight is 409 g/mol. The summed E-state index contributed by atoms with van der Waals surface area (Å²) >= 11 is 0. The Morgan fingerprint density at radius 1 is 1.11 bits per heavy atom. The highest BCUT2D eigenvalue weighted by atomic mass is 28.4. The number of hydrogen-bond acceptors (Lipinski definition) is 4. The summed E-state index contributed by atoms with van der Waals surface area (Å²) in [6.45, 7) is 13.0. The molecule has 1 rings (SSSR count). The van der Waals surface area contributed by atoms with Crippen molar-refractivity contribution in [2.24, 2.45) is 0 Å². The number of rotatable bonds is 13. The van der Waals surface area contributed by atoms with E-state index in [1.54, 1.807) is 7.11 Å². The van der Waals surface area contributed by atoms with Gasteiger partial charge in [-0.3, -0.25) is 0 Å². The Labute approximate surface area is 173 Å². The smallest absolute Gasteiger partial charge is 0.192 e. The molecule has 0 aliphatic carbocycles. The van der Waals surface area contributed by atoms with Crippen LogP contribution >= 0.6 is 0 Å². The second-order valence-corrected chi connectivity index (χ2v) is 13.5. The Balaban J connectivity index is 2.47. The monoisotopic (exact) mass is 408 g/mol. The zero-order valence-corrected chi connectivity index (χ0v) is 19.7. The van der Waals surface area contributed by atoms with Gasteiger partial charge in [0, 0.05) is 13.2 Å². The van der Waals surface area contributed by atoms with Crippen LogP contribution in [-0.2, 0) is 15.8 Å². The van der Waals surface area contributed by atoms with Gasteiger partial charge in [-0.15, -0.1) is 0 Å². The molecule has 0 saturated carbocycles. The third kappa shape index (κ3) is 9.37. The van der Waals surface area contributed by atoms with Crippen molar-refractivity contribution in [1.82, 2.24) is 0 Å². The Kier molecular flexibility index (Phi) is 11.0. The highest BCUT2D eigenvalue weighted by molar-refractivity contribution is 6.74. The van der Waals surface area contributed by atoms with E-state index in [-0.39, 0.29) is 17.7 Å². The topological polar surface area (TPSA) is 47.9 Å². The lowest BCUT2D eigenvalue weighted by molar-refractivity contribution is 0.107. The molecule has 0 saturated heterocycles. The van der Waals surface area contributed by atoms with Crippen molar-refractivity contribution in [2.45, 2.75) is 77.3 Å². The van der Waals surface area contributed by atoms with Crippen LogP contribution in [0.5, 0.6) is 5.75 Å². The third-order valence-electron chi connectivity index (χ3n) is 5.34. The maximum absolute atomic E-state index is 8.97. The predicted octanol–water partition coefficient (Wildman–Crippen LogP) is 5.71. The van der Waals surface area contributed by atoms with Gasteiger partial charge in [-0.2, -0.15) is 0 Å². The Bertz CT molecular complexity index is 561. The number of allylic oxidation sites excluding steroid dienone is 1. The molecule has 0 unspecified atom stereocenters. The molecule has 1 N–H and O–H groups in total. The minimum atomic E-state index is -1.82. The first-order chi connectivity index (χ1) is 13.2. The fourth-order valence-electron chi connectivity index (χ4n) is 2.51. The van der Waals surface area contributed by atoms with E-state index in [0.717, 1.165) is 37.0 Å². The van der Waals surface area contributed by atoms with Gasteiger partial charge in [0.1, 0.15) is 5.75 Å². The molecule has 0 heterocycles. The van der Waals surface area contributed by atoms with E-state index >= 15 is 0 Å². The number of methoxy groups -OCH3 is 1. The average Bonchev–Trinajstić information content (AvgIpc) is 2.64. The predicted molar refractivity (Wildman–Crippen MR) is 119 cm³/mol.